The third-order valence-electron chi connectivity index (χ3n) is 7.66. The van der Waals surface area contributed by atoms with Crippen molar-refractivity contribution in [2.75, 3.05) is 0 Å². The first-order valence-electron chi connectivity index (χ1n) is 11.0. The van der Waals surface area contributed by atoms with Crippen LogP contribution in [0.3, 0.4) is 0 Å². The van der Waals surface area contributed by atoms with Crippen LogP contribution in [0, 0.1) is 23.2 Å². The Kier molecular flexibility index (Phi) is 5.22. The molecule has 0 unspecified atom stereocenters. The number of carbonyl (C=O) groups excluding carboxylic acids is 1. The van der Waals surface area contributed by atoms with Crippen LogP contribution in [0.5, 0.6) is 0 Å². The summed E-state index contributed by atoms with van der Waals surface area (Å²) in [5.41, 5.74) is 0.760. The van der Waals surface area contributed by atoms with E-state index < -0.39 is 13.9 Å². The van der Waals surface area contributed by atoms with Gasteiger partial charge >= 0.3 is 5.97 Å². The van der Waals surface area contributed by atoms with E-state index in [2.05, 4.69) is 52.9 Å². The van der Waals surface area contributed by atoms with E-state index in [1.165, 1.54) is 11.3 Å². The molecular formula is C24H40O3Si. The number of rotatable bonds is 3. The van der Waals surface area contributed by atoms with E-state index in [0.29, 0.717) is 11.8 Å². The quantitative estimate of drug-likeness (QED) is 0.392. The summed E-state index contributed by atoms with van der Waals surface area (Å²) in [6.45, 7) is 19.8. The van der Waals surface area contributed by atoms with Gasteiger partial charge in [-0.1, -0.05) is 39.8 Å². The molecule has 3 nitrogen and oxygen atoms in total. The van der Waals surface area contributed by atoms with Gasteiger partial charge in [0.15, 0.2) is 0 Å². The van der Waals surface area contributed by atoms with E-state index in [1.54, 1.807) is 0 Å². The Hall–Kier alpha value is -1.03. The molecule has 4 atom stereocenters. The Labute approximate surface area is 173 Å². The highest BCUT2D eigenvalue weighted by molar-refractivity contribution is 6.74. The minimum absolute atomic E-state index is 0.0129. The first-order chi connectivity index (χ1) is 12.7. The number of hydrogen-bond acceptors (Lipinski definition) is 3. The predicted molar refractivity (Wildman–Crippen MR) is 117 cm³/mol. The van der Waals surface area contributed by atoms with Crippen molar-refractivity contribution in [3.63, 3.8) is 0 Å². The zero-order valence-corrected chi connectivity index (χ0v) is 20.4. The van der Waals surface area contributed by atoms with Gasteiger partial charge in [0.25, 0.3) is 0 Å². The zero-order chi connectivity index (χ0) is 21.1. The molecular weight excluding hydrogens is 364 g/mol. The Morgan fingerprint density at radius 3 is 2.39 bits per heavy atom. The summed E-state index contributed by atoms with van der Waals surface area (Å²) in [5.74, 6) is 1.96. The van der Waals surface area contributed by atoms with E-state index in [4.69, 9.17) is 9.16 Å². The average molecular weight is 405 g/mol. The van der Waals surface area contributed by atoms with Gasteiger partial charge in [-0.25, -0.2) is 0 Å². The maximum absolute atomic E-state index is 13.2. The van der Waals surface area contributed by atoms with Crippen LogP contribution in [-0.2, 0) is 14.0 Å². The molecule has 3 rings (SSSR count). The molecule has 28 heavy (non-hydrogen) atoms. The van der Waals surface area contributed by atoms with Crippen LogP contribution in [-0.4, -0.2) is 19.9 Å². The van der Waals surface area contributed by atoms with E-state index in [1.807, 2.05) is 20.8 Å². The first kappa shape index (κ1) is 21.7. The molecule has 4 heteroatoms. The maximum Gasteiger partial charge on any atom is 0.310 e. The first-order valence-corrected chi connectivity index (χ1v) is 13.9. The molecule has 3 aliphatic carbocycles. The molecule has 2 bridgehead atoms. The molecule has 0 radical (unpaired) electrons. The maximum atomic E-state index is 13.2. The molecule has 1 fully saturated rings. The van der Waals surface area contributed by atoms with Gasteiger partial charge in [0.2, 0.25) is 8.32 Å². The van der Waals surface area contributed by atoms with Crippen LogP contribution in [0.15, 0.2) is 23.5 Å². The summed E-state index contributed by atoms with van der Waals surface area (Å²) in [6.07, 6.45) is 8.71. The number of ether oxygens (including phenoxy) is 1. The molecule has 0 amide bonds. The molecule has 0 N–H and O–H groups in total. The Morgan fingerprint density at radius 2 is 1.82 bits per heavy atom. The highest BCUT2D eigenvalue weighted by Crippen LogP contribution is 2.66. The van der Waals surface area contributed by atoms with Crippen LogP contribution < -0.4 is 0 Å². The monoisotopic (exact) mass is 404 g/mol. The van der Waals surface area contributed by atoms with Gasteiger partial charge in [0, 0.05) is 11.3 Å². The van der Waals surface area contributed by atoms with Crippen LogP contribution in [0.4, 0.5) is 0 Å². The van der Waals surface area contributed by atoms with Gasteiger partial charge in [-0.2, -0.15) is 0 Å². The van der Waals surface area contributed by atoms with Crippen molar-refractivity contribution in [1.29, 1.82) is 0 Å². The summed E-state index contributed by atoms with van der Waals surface area (Å²) in [5, 5.41) is 0.167. The number of fused-ring (bicyclic) bond motifs is 1. The fraction of sp³-hybridized carbons (Fsp3) is 0.792. The summed E-state index contributed by atoms with van der Waals surface area (Å²) in [4.78, 5) is 13.2. The second-order valence-electron chi connectivity index (χ2n) is 11.8. The third-order valence-corrected chi connectivity index (χ3v) is 12.0. The van der Waals surface area contributed by atoms with Crippen molar-refractivity contribution in [1.82, 2.24) is 0 Å². The topological polar surface area (TPSA) is 35.5 Å². The van der Waals surface area contributed by atoms with Gasteiger partial charge in [0.05, 0.1) is 11.7 Å². The standard InChI is InChI=1S/C24H40O3Si/c1-16-12-10-11-13-18-20(27-28(8,9)23(5,6)7)17-14-19(24(16,18)15-17)21(25)26-22(2,3)4/h11,13,16-17,19H,10,12,14-15H2,1-9H3/t16-,17+,19+,24+/m0/s1. The van der Waals surface area contributed by atoms with E-state index in [9.17, 15) is 4.79 Å². The second kappa shape index (κ2) is 6.75. The third kappa shape index (κ3) is 3.50. The fourth-order valence-electron chi connectivity index (χ4n) is 5.17. The summed E-state index contributed by atoms with van der Waals surface area (Å²) in [7, 11) is -1.92. The van der Waals surface area contributed by atoms with E-state index >= 15 is 0 Å². The molecule has 1 saturated carbocycles. The average Bonchev–Trinajstić information content (AvgIpc) is 2.98. The Morgan fingerprint density at radius 1 is 1.18 bits per heavy atom. The van der Waals surface area contributed by atoms with Gasteiger partial charge < -0.3 is 9.16 Å². The molecule has 0 aromatic rings. The normalized spacial score (nSPS) is 33.0. The summed E-state index contributed by atoms with van der Waals surface area (Å²) in [6, 6.07) is 0. The van der Waals surface area contributed by atoms with Crippen molar-refractivity contribution in [3.8, 4) is 0 Å². The van der Waals surface area contributed by atoms with Crippen LogP contribution in [0.25, 0.3) is 0 Å². The summed E-state index contributed by atoms with van der Waals surface area (Å²) < 4.78 is 12.8. The van der Waals surface area contributed by atoms with Crippen molar-refractivity contribution in [2.24, 2.45) is 23.2 Å². The number of allylic oxidation sites excluding steroid dienone is 4. The molecule has 0 saturated heterocycles. The fourth-order valence-corrected chi connectivity index (χ4v) is 6.31. The lowest BCUT2D eigenvalue weighted by atomic mass is 9.64. The molecule has 1 spiro atoms. The van der Waals surface area contributed by atoms with E-state index in [0.717, 1.165) is 25.7 Å². The molecule has 158 valence electrons. The lowest BCUT2D eigenvalue weighted by molar-refractivity contribution is -0.164. The lowest BCUT2D eigenvalue weighted by Crippen LogP contribution is -2.44. The van der Waals surface area contributed by atoms with Crippen LogP contribution >= 0.6 is 0 Å². The molecule has 0 aliphatic heterocycles. The lowest BCUT2D eigenvalue weighted by Gasteiger charge is -2.43. The van der Waals surface area contributed by atoms with Gasteiger partial charge in [0.1, 0.15) is 5.60 Å². The Bertz CT molecular complexity index is 704. The van der Waals surface area contributed by atoms with Gasteiger partial charge in [-0.3, -0.25) is 4.79 Å². The molecule has 3 aliphatic rings. The Balaban J connectivity index is 2.04. The van der Waals surface area contributed by atoms with E-state index in [-0.39, 0.29) is 22.3 Å². The number of hydrogen-bond donors (Lipinski definition) is 0. The van der Waals surface area contributed by atoms with Gasteiger partial charge in [-0.05, 0) is 76.1 Å². The van der Waals surface area contributed by atoms with Crippen molar-refractivity contribution >= 4 is 14.3 Å². The molecule has 0 aromatic carbocycles. The minimum Gasteiger partial charge on any atom is -0.546 e. The highest BCUT2D eigenvalue weighted by atomic mass is 28.4. The highest BCUT2D eigenvalue weighted by Gasteiger charge is 2.63. The van der Waals surface area contributed by atoms with Crippen molar-refractivity contribution in [2.45, 2.75) is 97.9 Å². The molecule has 0 aromatic heterocycles. The van der Waals surface area contributed by atoms with Gasteiger partial charge in [-0.15, -0.1) is 0 Å². The smallest absolute Gasteiger partial charge is 0.310 e. The summed E-state index contributed by atoms with van der Waals surface area (Å²) >= 11 is 0. The van der Waals surface area contributed by atoms with Crippen molar-refractivity contribution < 1.29 is 14.0 Å². The predicted octanol–water partition coefficient (Wildman–Crippen LogP) is 6.62. The largest absolute Gasteiger partial charge is 0.546 e. The van der Waals surface area contributed by atoms with Crippen LogP contribution in [0.1, 0.15) is 74.1 Å². The minimum atomic E-state index is -1.92. The molecule has 0 heterocycles. The zero-order valence-electron chi connectivity index (χ0n) is 19.4. The van der Waals surface area contributed by atoms with Crippen LogP contribution in [0.2, 0.25) is 18.1 Å². The number of esters is 1. The number of carbonyl (C=O) groups is 1. The second-order valence-corrected chi connectivity index (χ2v) is 16.5. The van der Waals surface area contributed by atoms with Crippen molar-refractivity contribution in [3.05, 3.63) is 23.5 Å². The SMILES string of the molecule is C[C@H]1CCC=CC2=C(O[Si](C)(C)C(C)(C)C)[C@@H]3C[C@H](C(=O)OC(C)(C)C)[C@@]21C3.